The van der Waals surface area contributed by atoms with Gasteiger partial charge in [-0.15, -0.1) is 0 Å². The zero-order chi connectivity index (χ0) is 22.4. The highest BCUT2D eigenvalue weighted by molar-refractivity contribution is 5.80. The SMILES string of the molecule is CC(C)(C(=O)O)c1ccc(C(O)CCCN2CCC(C(O)c3ccccc3)CC2)cc1. The topological polar surface area (TPSA) is 81.0 Å². The molecule has 1 saturated heterocycles. The Morgan fingerprint density at radius 2 is 1.61 bits per heavy atom. The van der Waals surface area contributed by atoms with Crippen molar-refractivity contribution in [3.05, 3.63) is 71.3 Å². The summed E-state index contributed by atoms with van der Waals surface area (Å²) in [5, 5.41) is 30.5. The summed E-state index contributed by atoms with van der Waals surface area (Å²) in [6.07, 6.45) is 2.61. The number of rotatable bonds is 9. The average molecular weight is 426 g/mol. The second kappa shape index (κ2) is 10.4. The standard InChI is InChI=1S/C26H35NO4/c1-26(2,25(30)31)22-12-10-19(11-13-22)23(28)9-6-16-27-17-14-21(15-18-27)24(29)20-7-4-3-5-8-20/h3-5,7-8,10-13,21,23-24,28-29H,6,9,14-18H2,1-2H3,(H,30,31). The van der Waals surface area contributed by atoms with E-state index in [1.54, 1.807) is 26.0 Å². The molecule has 5 heteroatoms. The zero-order valence-corrected chi connectivity index (χ0v) is 18.6. The minimum absolute atomic E-state index is 0.304. The lowest BCUT2D eigenvalue weighted by molar-refractivity contribution is -0.142. The average Bonchev–Trinajstić information content (AvgIpc) is 2.79. The highest BCUT2D eigenvalue weighted by Crippen LogP contribution is 2.31. The van der Waals surface area contributed by atoms with Crippen molar-refractivity contribution in [3.63, 3.8) is 0 Å². The van der Waals surface area contributed by atoms with Crippen LogP contribution in [0.5, 0.6) is 0 Å². The van der Waals surface area contributed by atoms with Gasteiger partial charge in [-0.2, -0.15) is 0 Å². The van der Waals surface area contributed by atoms with Gasteiger partial charge in [0.05, 0.1) is 17.6 Å². The fourth-order valence-electron chi connectivity index (χ4n) is 4.33. The maximum atomic E-state index is 11.4. The van der Waals surface area contributed by atoms with E-state index in [0.29, 0.717) is 12.3 Å². The summed E-state index contributed by atoms with van der Waals surface area (Å²) < 4.78 is 0. The lowest BCUT2D eigenvalue weighted by Crippen LogP contribution is -2.36. The third-order valence-electron chi connectivity index (χ3n) is 6.72. The van der Waals surface area contributed by atoms with Gasteiger partial charge < -0.3 is 20.2 Å². The molecule has 1 aliphatic rings. The third kappa shape index (κ3) is 5.94. The van der Waals surface area contributed by atoms with Gasteiger partial charge in [0.1, 0.15) is 0 Å². The molecular weight excluding hydrogens is 390 g/mol. The van der Waals surface area contributed by atoms with Crippen LogP contribution in [0.2, 0.25) is 0 Å². The summed E-state index contributed by atoms with van der Waals surface area (Å²) in [5.41, 5.74) is 1.62. The number of hydrogen-bond donors (Lipinski definition) is 3. The Bertz CT molecular complexity index is 826. The molecule has 3 N–H and O–H groups in total. The maximum absolute atomic E-state index is 11.4. The number of aliphatic hydroxyl groups is 2. The number of aliphatic carboxylic acids is 1. The van der Waals surface area contributed by atoms with E-state index in [1.165, 1.54) is 0 Å². The van der Waals surface area contributed by atoms with Crippen molar-refractivity contribution in [3.8, 4) is 0 Å². The number of nitrogens with zero attached hydrogens (tertiary/aromatic N) is 1. The van der Waals surface area contributed by atoms with Gasteiger partial charge >= 0.3 is 5.97 Å². The van der Waals surface area contributed by atoms with E-state index in [0.717, 1.165) is 55.6 Å². The van der Waals surface area contributed by atoms with Crippen LogP contribution < -0.4 is 0 Å². The Balaban J connectivity index is 1.41. The normalized spacial score (nSPS) is 17.9. The summed E-state index contributed by atoms with van der Waals surface area (Å²) in [7, 11) is 0. The van der Waals surface area contributed by atoms with Crippen LogP contribution in [0.25, 0.3) is 0 Å². The number of likely N-dealkylation sites (tertiary alicyclic amines) is 1. The molecule has 2 aromatic carbocycles. The summed E-state index contributed by atoms with van der Waals surface area (Å²) in [4.78, 5) is 13.8. The second-order valence-corrected chi connectivity index (χ2v) is 9.24. The van der Waals surface area contributed by atoms with Crippen molar-refractivity contribution < 1.29 is 20.1 Å². The molecule has 0 spiro atoms. The fraction of sp³-hybridized carbons (Fsp3) is 0.500. The van der Waals surface area contributed by atoms with Crippen LogP contribution >= 0.6 is 0 Å². The van der Waals surface area contributed by atoms with Gasteiger partial charge in [0, 0.05) is 0 Å². The van der Waals surface area contributed by atoms with Crippen LogP contribution in [0.1, 0.15) is 68.4 Å². The van der Waals surface area contributed by atoms with Crippen molar-refractivity contribution in [1.29, 1.82) is 0 Å². The number of carbonyl (C=O) groups is 1. The lowest BCUT2D eigenvalue weighted by atomic mass is 9.84. The Morgan fingerprint density at radius 1 is 1.00 bits per heavy atom. The Morgan fingerprint density at radius 3 is 2.19 bits per heavy atom. The third-order valence-corrected chi connectivity index (χ3v) is 6.72. The fourth-order valence-corrected chi connectivity index (χ4v) is 4.33. The van der Waals surface area contributed by atoms with Crippen molar-refractivity contribution in [2.24, 2.45) is 5.92 Å². The summed E-state index contributed by atoms with van der Waals surface area (Å²) in [5.74, 6) is -0.557. The number of carboxylic acids is 1. The molecule has 5 nitrogen and oxygen atoms in total. The van der Waals surface area contributed by atoms with Crippen LogP contribution in [0, 0.1) is 5.92 Å². The van der Waals surface area contributed by atoms with E-state index in [4.69, 9.17) is 0 Å². The van der Waals surface area contributed by atoms with Crippen LogP contribution in [0.15, 0.2) is 54.6 Å². The smallest absolute Gasteiger partial charge is 0.313 e. The van der Waals surface area contributed by atoms with Gasteiger partial charge in [0.2, 0.25) is 0 Å². The first-order chi connectivity index (χ1) is 14.8. The van der Waals surface area contributed by atoms with E-state index >= 15 is 0 Å². The number of carboxylic acid groups (broad SMARTS) is 1. The number of benzene rings is 2. The molecule has 2 aromatic rings. The molecule has 168 valence electrons. The highest BCUT2D eigenvalue weighted by atomic mass is 16.4. The number of aliphatic hydroxyl groups excluding tert-OH is 2. The van der Waals surface area contributed by atoms with Gasteiger partial charge in [-0.1, -0.05) is 54.6 Å². The van der Waals surface area contributed by atoms with E-state index in [-0.39, 0.29) is 6.10 Å². The second-order valence-electron chi connectivity index (χ2n) is 9.24. The number of piperidine rings is 1. The highest BCUT2D eigenvalue weighted by Gasteiger charge is 2.29. The first kappa shape index (κ1) is 23.5. The van der Waals surface area contributed by atoms with E-state index < -0.39 is 17.5 Å². The molecule has 2 unspecified atom stereocenters. The molecule has 0 saturated carbocycles. The van der Waals surface area contributed by atoms with Crippen LogP contribution in [0.4, 0.5) is 0 Å². The molecule has 0 aromatic heterocycles. The van der Waals surface area contributed by atoms with Crippen molar-refractivity contribution >= 4 is 5.97 Å². The van der Waals surface area contributed by atoms with Crippen LogP contribution in [0.3, 0.4) is 0 Å². The minimum Gasteiger partial charge on any atom is -0.481 e. The minimum atomic E-state index is -0.941. The van der Waals surface area contributed by atoms with Gasteiger partial charge in [-0.25, -0.2) is 0 Å². The largest absolute Gasteiger partial charge is 0.481 e. The molecule has 1 heterocycles. The summed E-state index contributed by atoms with van der Waals surface area (Å²) in [6, 6.07) is 17.2. The molecule has 0 amide bonds. The molecule has 0 bridgehead atoms. The summed E-state index contributed by atoms with van der Waals surface area (Å²) >= 11 is 0. The Labute approximate surface area is 185 Å². The maximum Gasteiger partial charge on any atom is 0.313 e. The first-order valence-corrected chi connectivity index (χ1v) is 11.3. The Hall–Kier alpha value is -2.21. The predicted molar refractivity (Wildman–Crippen MR) is 122 cm³/mol. The van der Waals surface area contributed by atoms with Crippen LogP contribution in [-0.2, 0) is 10.2 Å². The molecule has 1 aliphatic heterocycles. The quantitative estimate of drug-likeness (QED) is 0.558. The van der Waals surface area contributed by atoms with Crippen molar-refractivity contribution in [1.82, 2.24) is 4.90 Å². The molecule has 0 radical (unpaired) electrons. The van der Waals surface area contributed by atoms with E-state index in [2.05, 4.69) is 4.90 Å². The molecular formula is C26H35NO4. The lowest BCUT2D eigenvalue weighted by Gasteiger charge is -2.34. The number of hydrogen-bond acceptors (Lipinski definition) is 4. The van der Waals surface area contributed by atoms with Crippen LogP contribution in [-0.4, -0.2) is 45.8 Å². The molecule has 3 rings (SSSR count). The first-order valence-electron chi connectivity index (χ1n) is 11.3. The van der Waals surface area contributed by atoms with Crippen molar-refractivity contribution in [2.45, 2.75) is 57.2 Å². The van der Waals surface area contributed by atoms with Gasteiger partial charge in [0.25, 0.3) is 0 Å². The monoisotopic (exact) mass is 425 g/mol. The van der Waals surface area contributed by atoms with Gasteiger partial charge in [-0.3, -0.25) is 4.79 Å². The zero-order valence-electron chi connectivity index (χ0n) is 18.6. The van der Waals surface area contributed by atoms with Gasteiger partial charge in [0.15, 0.2) is 0 Å². The van der Waals surface area contributed by atoms with Gasteiger partial charge in [-0.05, 0) is 81.8 Å². The molecule has 31 heavy (non-hydrogen) atoms. The molecule has 2 atom stereocenters. The van der Waals surface area contributed by atoms with E-state index in [1.807, 2.05) is 42.5 Å². The van der Waals surface area contributed by atoms with Crippen molar-refractivity contribution in [2.75, 3.05) is 19.6 Å². The molecule has 1 fully saturated rings. The summed E-state index contributed by atoms with van der Waals surface area (Å²) in [6.45, 7) is 6.26. The van der Waals surface area contributed by atoms with E-state index in [9.17, 15) is 20.1 Å². The molecule has 0 aliphatic carbocycles. The predicted octanol–water partition coefficient (Wildman–Crippen LogP) is 4.31. The Kier molecular flexibility index (Phi) is 7.87.